The third-order valence-electron chi connectivity index (χ3n) is 3.85. The first kappa shape index (κ1) is 14.6. The number of nitrogens with one attached hydrogen (secondary N) is 1. The van der Waals surface area contributed by atoms with E-state index in [1.807, 2.05) is 24.3 Å². The number of nitrogens with zero attached hydrogens (tertiary/aromatic N) is 3. The smallest absolute Gasteiger partial charge is 0.370 e. The van der Waals surface area contributed by atoms with Crippen LogP contribution in [0.4, 0.5) is 19.1 Å². The Labute approximate surface area is 134 Å². The predicted octanol–water partition coefficient (Wildman–Crippen LogP) is 3.34. The van der Waals surface area contributed by atoms with Crippen LogP contribution >= 0.6 is 0 Å². The number of hydrogen-bond donors (Lipinski definition) is 2. The molecule has 122 valence electrons. The summed E-state index contributed by atoms with van der Waals surface area (Å²) in [5, 5.41) is 2.85. The molecular weight excluding hydrogens is 319 g/mol. The van der Waals surface area contributed by atoms with Crippen LogP contribution in [-0.2, 0) is 6.18 Å². The summed E-state index contributed by atoms with van der Waals surface area (Å²) in [7, 11) is 0. The molecule has 1 aliphatic rings. The molecule has 0 radical (unpaired) electrons. The summed E-state index contributed by atoms with van der Waals surface area (Å²) in [4.78, 5) is 8.70. The average Bonchev–Trinajstić information content (AvgIpc) is 2.91. The van der Waals surface area contributed by atoms with E-state index in [1.165, 1.54) is 6.07 Å². The molecule has 24 heavy (non-hydrogen) atoms. The molecule has 3 aromatic rings. The molecule has 0 unspecified atom stereocenters. The van der Waals surface area contributed by atoms with Gasteiger partial charge in [0, 0.05) is 0 Å². The first-order valence-electron chi connectivity index (χ1n) is 7.18. The van der Waals surface area contributed by atoms with Crippen molar-refractivity contribution < 1.29 is 13.2 Å². The molecular formula is C16H12F3N5. The molecule has 0 saturated heterocycles. The molecule has 0 bridgehead atoms. The number of rotatable bonds is 1. The van der Waals surface area contributed by atoms with Gasteiger partial charge in [0.1, 0.15) is 0 Å². The summed E-state index contributed by atoms with van der Waals surface area (Å²) in [6, 6.07) is 12.4. The number of aliphatic imine (C=N–C) groups is 1. The minimum atomic E-state index is -4.42. The van der Waals surface area contributed by atoms with Gasteiger partial charge in [-0.25, -0.2) is 9.98 Å². The minimum absolute atomic E-state index is 0.111. The van der Waals surface area contributed by atoms with Gasteiger partial charge in [-0.05, 0) is 29.8 Å². The van der Waals surface area contributed by atoms with E-state index in [0.29, 0.717) is 17.0 Å². The Morgan fingerprint density at radius 1 is 1.08 bits per heavy atom. The number of guanidine groups is 1. The lowest BCUT2D eigenvalue weighted by atomic mass is 10.1. The molecule has 5 nitrogen and oxygen atoms in total. The third-order valence-corrected chi connectivity index (χ3v) is 3.85. The monoisotopic (exact) mass is 331 g/mol. The molecule has 1 atom stereocenters. The second-order valence-corrected chi connectivity index (χ2v) is 5.43. The lowest BCUT2D eigenvalue weighted by Gasteiger charge is -2.24. The summed E-state index contributed by atoms with van der Waals surface area (Å²) in [6.45, 7) is 0. The first-order chi connectivity index (χ1) is 11.4. The Kier molecular flexibility index (Phi) is 3.02. The van der Waals surface area contributed by atoms with Gasteiger partial charge in [-0.2, -0.15) is 13.2 Å². The van der Waals surface area contributed by atoms with Crippen molar-refractivity contribution in [3.05, 3.63) is 59.7 Å². The number of benzene rings is 2. The highest BCUT2D eigenvalue weighted by Crippen LogP contribution is 2.35. The lowest BCUT2D eigenvalue weighted by molar-refractivity contribution is -0.137. The summed E-state index contributed by atoms with van der Waals surface area (Å²) in [6.07, 6.45) is -5.13. The maximum Gasteiger partial charge on any atom is 0.416 e. The van der Waals surface area contributed by atoms with Crippen LogP contribution in [0.1, 0.15) is 17.3 Å². The zero-order chi connectivity index (χ0) is 16.9. The predicted molar refractivity (Wildman–Crippen MR) is 84.6 cm³/mol. The maximum atomic E-state index is 13.0. The van der Waals surface area contributed by atoms with Gasteiger partial charge in [-0.15, -0.1) is 0 Å². The molecule has 2 heterocycles. The van der Waals surface area contributed by atoms with E-state index in [-0.39, 0.29) is 5.96 Å². The SMILES string of the molecule is NC1=N[C@@H](c2cccc(C(F)(F)F)c2)n2c(nc3ccccc32)N1. The van der Waals surface area contributed by atoms with Crippen LogP contribution in [0.2, 0.25) is 0 Å². The summed E-state index contributed by atoms with van der Waals surface area (Å²) >= 11 is 0. The number of hydrogen-bond acceptors (Lipinski definition) is 4. The number of alkyl halides is 3. The number of anilines is 1. The quantitative estimate of drug-likeness (QED) is 0.718. The van der Waals surface area contributed by atoms with Crippen molar-refractivity contribution in [3.8, 4) is 0 Å². The fraction of sp³-hybridized carbons (Fsp3) is 0.125. The third kappa shape index (κ3) is 2.27. The number of fused-ring (bicyclic) bond motifs is 3. The number of nitrogens with two attached hydrogens (primary N) is 1. The Bertz CT molecular complexity index is 958. The normalized spacial score (nSPS) is 17.3. The van der Waals surface area contributed by atoms with Gasteiger partial charge in [0.2, 0.25) is 5.95 Å². The van der Waals surface area contributed by atoms with Gasteiger partial charge < -0.3 is 5.73 Å². The van der Waals surface area contributed by atoms with Gasteiger partial charge in [-0.3, -0.25) is 9.88 Å². The summed E-state index contributed by atoms with van der Waals surface area (Å²) in [5.74, 6) is 0.561. The molecule has 4 rings (SSSR count). The molecule has 0 saturated carbocycles. The standard InChI is InChI=1S/C16H12F3N5/c17-16(18,19)10-5-3-4-9(8-10)13-22-14(20)23-15-21-11-6-1-2-7-12(11)24(13)15/h1-8,13H,(H3,20,21,22,23)/t13-/m1/s1. The number of halogens is 3. The maximum absolute atomic E-state index is 13.0. The van der Waals surface area contributed by atoms with Crippen molar-refractivity contribution in [2.24, 2.45) is 10.7 Å². The van der Waals surface area contributed by atoms with E-state index in [9.17, 15) is 13.2 Å². The topological polar surface area (TPSA) is 68.2 Å². The van der Waals surface area contributed by atoms with E-state index < -0.39 is 17.9 Å². The fourth-order valence-electron chi connectivity index (χ4n) is 2.82. The lowest BCUT2D eigenvalue weighted by Crippen LogP contribution is -2.31. The molecule has 0 spiro atoms. The highest BCUT2D eigenvalue weighted by atomic mass is 19.4. The van der Waals surface area contributed by atoms with Crippen molar-refractivity contribution in [2.45, 2.75) is 12.3 Å². The van der Waals surface area contributed by atoms with E-state index in [0.717, 1.165) is 17.6 Å². The second-order valence-electron chi connectivity index (χ2n) is 5.43. The molecule has 1 aliphatic heterocycles. The molecule has 0 fully saturated rings. The summed E-state index contributed by atoms with van der Waals surface area (Å²) < 4.78 is 40.8. The number of imidazole rings is 1. The Morgan fingerprint density at radius 2 is 1.88 bits per heavy atom. The first-order valence-corrected chi connectivity index (χ1v) is 7.18. The van der Waals surface area contributed by atoms with E-state index >= 15 is 0 Å². The van der Waals surface area contributed by atoms with Crippen LogP contribution in [0.5, 0.6) is 0 Å². The van der Waals surface area contributed by atoms with Gasteiger partial charge in [0.25, 0.3) is 0 Å². The molecule has 0 aliphatic carbocycles. The van der Waals surface area contributed by atoms with Crippen molar-refractivity contribution in [3.63, 3.8) is 0 Å². The molecule has 1 aromatic heterocycles. The number of aromatic nitrogens is 2. The van der Waals surface area contributed by atoms with Gasteiger partial charge in [0.15, 0.2) is 12.1 Å². The highest BCUT2D eigenvalue weighted by molar-refractivity contribution is 5.94. The van der Waals surface area contributed by atoms with Gasteiger partial charge >= 0.3 is 6.18 Å². The minimum Gasteiger partial charge on any atom is -0.370 e. The Balaban J connectivity index is 1.91. The molecule has 3 N–H and O–H groups in total. The van der Waals surface area contributed by atoms with Crippen molar-refractivity contribution in [2.75, 3.05) is 5.32 Å². The van der Waals surface area contributed by atoms with Crippen molar-refractivity contribution in [1.82, 2.24) is 9.55 Å². The molecule has 8 heteroatoms. The van der Waals surface area contributed by atoms with Crippen LogP contribution < -0.4 is 11.1 Å². The Hall–Kier alpha value is -3.03. The fourth-order valence-corrected chi connectivity index (χ4v) is 2.82. The molecule has 2 aromatic carbocycles. The van der Waals surface area contributed by atoms with E-state index in [4.69, 9.17) is 5.73 Å². The van der Waals surface area contributed by atoms with Crippen LogP contribution in [0.15, 0.2) is 53.5 Å². The largest absolute Gasteiger partial charge is 0.416 e. The zero-order valence-corrected chi connectivity index (χ0v) is 12.2. The number of para-hydroxylation sites is 2. The van der Waals surface area contributed by atoms with E-state index in [1.54, 1.807) is 10.6 Å². The van der Waals surface area contributed by atoms with Crippen LogP contribution in [-0.4, -0.2) is 15.5 Å². The van der Waals surface area contributed by atoms with Crippen LogP contribution in [0, 0.1) is 0 Å². The zero-order valence-electron chi connectivity index (χ0n) is 12.2. The van der Waals surface area contributed by atoms with Crippen molar-refractivity contribution in [1.29, 1.82) is 0 Å². The summed E-state index contributed by atoms with van der Waals surface area (Å²) in [5.41, 5.74) is 6.92. The van der Waals surface area contributed by atoms with Crippen molar-refractivity contribution >= 4 is 22.9 Å². The Morgan fingerprint density at radius 3 is 2.67 bits per heavy atom. The van der Waals surface area contributed by atoms with E-state index in [2.05, 4.69) is 15.3 Å². The van der Waals surface area contributed by atoms with Gasteiger partial charge in [-0.1, -0.05) is 24.3 Å². The van der Waals surface area contributed by atoms with Gasteiger partial charge in [0.05, 0.1) is 16.6 Å². The highest BCUT2D eigenvalue weighted by Gasteiger charge is 2.32. The van der Waals surface area contributed by atoms with Crippen LogP contribution in [0.25, 0.3) is 11.0 Å². The second kappa shape index (κ2) is 4.98. The average molecular weight is 331 g/mol. The van der Waals surface area contributed by atoms with Crippen LogP contribution in [0.3, 0.4) is 0 Å². The molecule has 0 amide bonds.